The van der Waals surface area contributed by atoms with E-state index in [-0.39, 0.29) is 11.2 Å². The summed E-state index contributed by atoms with van der Waals surface area (Å²) in [6.07, 6.45) is 3.07. The Labute approximate surface area is 88.2 Å². The Morgan fingerprint density at radius 2 is 2.27 bits per heavy atom. The molecule has 1 aromatic rings. The molecule has 0 aliphatic rings. The first-order valence-electron chi connectivity index (χ1n) is 4.69. The maximum Gasteiger partial charge on any atom is 0.277 e. The van der Waals surface area contributed by atoms with Crippen molar-refractivity contribution in [1.82, 2.24) is 9.55 Å². The van der Waals surface area contributed by atoms with Crippen molar-refractivity contribution in [1.29, 1.82) is 0 Å². The number of nitrogens with zero attached hydrogens (tertiary/aromatic N) is 2. The smallest absolute Gasteiger partial charge is 0.277 e. The number of hydrogen-bond donors (Lipinski definition) is 1. The first-order valence-corrected chi connectivity index (χ1v) is 4.69. The number of anilines is 1. The molecule has 0 aliphatic heterocycles. The van der Waals surface area contributed by atoms with Gasteiger partial charge in [0.25, 0.3) is 5.56 Å². The Kier molecular flexibility index (Phi) is 3.49. The minimum absolute atomic E-state index is 0.138. The summed E-state index contributed by atoms with van der Waals surface area (Å²) in [7, 11) is 1.64. The average Bonchev–Trinajstić information content (AvgIpc) is 2.23. The van der Waals surface area contributed by atoms with Gasteiger partial charge in [0, 0.05) is 13.1 Å². The molecule has 0 fully saturated rings. The van der Waals surface area contributed by atoms with E-state index in [1.165, 1.54) is 10.8 Å². The van der Waals surface area contributed by atoms with Gasteiger partial charge in [-0.3, -0.25) is 9.36 Å². The van der Waals surface area contributed by atoms with Gasteiger partial charge >= 0.3 is 0 Å². The minimum atomic E-state index is -0.237. The molecule has 2 N–H and O–H groups in total. The summed E-state index contributed by atoms with van der Waals surface area (Å²) in [5, 5.41) is 0. The first-order chi connectivity index (χ1) is 7.07. The lowest BCUT2D eigenvalue weighted by Gasteiger charge is -2.06. The molecule has 0 aromatic carbocycles. The van der Waals surface area contributed by atoms with Crippen molar-refractivity contribution in [3.63, 3.8) is 0 Å². The number of aromatic nitrogens is 2. The predicted octanol–water partition coefficient (Wildman–Crippen LogP) is 0.678. The lowest BCUT2D eigenvalue weighted by atomic mass is 10.3. The standard InChI is InChI=1S/C10H15N3O2/c1-4-15-6-5-8-9(11)10(14)13(3)7(2)12-8/h5-6H,4,11H2,1-3H3/b6-5+. The maximum atomic E-state index is 11.6. The molecule has 1 aromatic heterocycles. The Morgan fingerprint density at radius 3 is 2.87 bits per heavy atom. The van der Waals surface area contributed by atoms with Crippen molar-refractivity contribution in [2.24, 2.45) is 7.05 Å². The van der Waals surface area contributed by atoms with Crippen LogP contribution in [0.1, 0.15) is 18.4 Å². The zero-order valence-electron chi connectivity index (χ0n) is 9.15. The number of rotatable bonds is 3. The molecule has 0 saturated carbocycles. The summed E-state index contributed by atoms with van der Waals surface area (Å²) in [5.74, 6) is 0.616. The van der Waals surface area contributed by atoms with Crippen LogP contribution >= 0.6 is 0 Å². The normalized spacial score (nSPS) is 10.9. The highest BCUT2D eigenvalue weighted by atomic mass is 16.5. The van der Waals surface area contributed by atoms with E-state index in [2.05, 4.69) is 4.98 Å². The van der Waals surface area contributed by atoms with Crippen LogP contribution in [0.15, 0.2) is 11.1 Å². The van der Waals surface area contributed by atoms with Crippen molar-refractivity contribution in [2.45, 2.75) is 13.8 Å². The predicted molar refractivity (Wildman–Crippen MR) is 59.3 cm³/mol. The molecule has 5 heteroatoms. The molecular weight excluding hydrogens is 194 g/mol. The van der Waals surface area contributed by atoms with Crippen LogP contribution in [0.2, 0.25) is 0 Å². The van der Waals surface area contributed by atoms with Crippen LogP contribution in [0, 0.1) is 6.92 Å². The molecule has 0 radical (unpaired) electrons. The van der Waals surface area contributed by atoms with Crippen LogP contribution in [-0.4, -0.2) is 16.2 Å². The van der Waals surface area contributed by atoms with E-state index in [1.807, 2.05) is 6.92 Å². The van der Waals surface area contributed by atoms with Crippen molar-refractivity contribution >= 4 is 11.8 Å². The molecular formula is C10H15N3O2. The van der Waals surface area contributed by atoms with Crippen LogP contribution in [0.3, 0.4) is 0 Å². The molecule has 0 spiro atoms. The third-order valence-electron chi connectivity index (χ3n) is 2.07. The highest BCUT2D eigenvalue weighted by molar-refractivity contribution is 5.58. The summed E-state index contributed by atoms with van der Waals surface area (Å²) in [4.78, 5) is 15.7. The van der Waals surface area contributed by atoms with Gasteiger partial charge in [-0.25, -0.2) is 4.98 Å². The highest BCUT2D eigenvalue weighted by Crippen LogP contribution is 2.06. The summed E-state index contributed by atoms with van der Waals surface area (Å²) in [6.45, 7) is 4.19. The third-order valence-corrected chi connectivity index (χ3v) is 2.07. The minimum Gasteiger partial charge on any atom is -0.501 e. The number of nitrogen functional groups attached to an aromatic ring is 1. The van der Waals surface area contributed by atoms with E-state index in [0.29, 0.717) is 18.1 Å². The molecule has 0 bridgehead atoms. The van der Waals surface area contributed by atoms with Crippen molar-refractivity contribution in [3.05, 3.63) is 28.1 Å². The van der Waals surface area contributed by atoms with Crippen molar-refractivity contribution in [3.8, 4) is 0 Å². The molecule has 0 unspecified atom stereocenters. The van der Waals surface area contributed by atoms with Gasteiger partial charge in [0.1, 0.15) is 11.5 Å². The van der Waals surface area contributed by atoms with Gasteiger partial charge in [-0.1, -0.05) is 0 Å². The van der Waals surface area contributed by atoms with E-state index in [0.717, 1.165) is 0 Å². The number of ether oxygens (including phenoxy) is 1. The number of hydrogen-bond acceptors (Lipinski definition) is 4. The van der Waals surface area contributed by atoms with E-state index in [4.69, 9.17) is 10.5 Å². The summed E-state index contributed by atoms with van der Waals surface area (Å²) >= 11 is 0. The molecule has 0 atom stereocenters. The first kappa shape index (κ1) is 11.3. The number of aryl methyl sites for hydroxylation is 1. The van der Waals surface area contributed by atoms with E-state index >= 15 is 0 Å². The topological polar surface area (TPSA) is 70.1 Å². The summed E-state index contributed by atoms with van der Waals surface area (Å²) in [6, 6.07) is 0. The Morgan fingerprint density at radius 1 is 1.60 bits per heavy atom. The van der Waals surface area contributed by atoms with Crippen molar-refractivity contribution < 1.29 is 4.74 Å². The van der Waals surface area contributed by atoms with E-state index in [1.54, 1.807) is 20.0 Å². The van der Waals surface area contributed by atoms with Gasteiger partial charge in [-0.2, -0.15) is 0 Å². The fourth-order valence-electron chi connectivity index (χ4n) is 1.08. The van der Waals surface area contributed by atoms with E-state index < -0.39 is 0 Å². The quantitative estimate of drug-likeness (QED) is 0.743. The van der Waals surface area contributed by atoms with Gasteiger partial charge in [-0.05, 0) is 13.8 Å². The van der Waals surface area contributed by atoms with Crippen LogP contribution in [0.5, 0.6) is 0 Å². The highest BCUT2D eigenvalue weighted by Gasteiger charge is 2.06. The average molecular weight is 209 g/mol. The molecule has 1 rings (SSSR count). The van der Waals surface area contributed by atoms with Crippen LogP contribution in [0.25, 0.3) is 6.08 Å². The maximum absolute atomic E-state index is 11.6. The Balaban J connectivity index is 3.15. The van der Waals surface area contributed by atoms with Gasteiger partial charge < -0.3 is 10.5 Å². The molecule has 0 amide bonds. The molecule has 82 valence electrons. The molecule has 0 aliphatic carbocycles. The largest absolute Gasteiger partial charge is 0.501 e. The third kappa shape index (κ3) is 2.37. The van der Waals surface area contributed by atoms with Gasteiger partial charge in [0.2, 0.25) is 0 Å². The zero-order valence-corrected chi connectivity index (χ0v) is 9.15. The van der Waals surface area contributed by atoms with Gasteiger partial charge in [0.05, 0.1) is 18.6 Å². The van der Waals surface area contributed by atoms with Gasteiger partial charge in [0.15, 0.2) is 0 Å². The van der Waals surface area contributed by atoms with E-state index in [9.17, 15) is 4.79 Å². The molecule has 5 nitrogen and oxygen atoms in total. The van der Waals surface area contributed by atoms with Crippen molar-refractivity contribution in [2.75, 3.05) is 12.3 Å². The Bertz CT molecular complexity index is 435. The molecule has 0 saturated heterocycles. The Hall–Kier alpha value is -1.78. The fraction of sp³-hybridized carbons (Fsp3) is 0.400. The van der Waals surface area contributed by atoms with Crippen LogP contribution in [-0.2, 0) is 11.8 Å². The van der Waals surface area contributed by atoms with Crippen LogP contribution in [0.4, 0.5) is 5.69 Å². The molecule has 15 heavy (non-hydrogen) atoms. The summed E-state index contributed by atoms with van der Waals surface area (Å²) < 4.78 is 6.43. The summed E-state index contributed by atoms with van der Waals surface area (Å²) in [5.41, 5.74) is 5.98. The monoisotopic (exact) mass is 209 g/mol. The lowest BCUT2D eigenvalue weighted by molar-refractivity contribution is 0.272. The van der Waals surface area contributed by atoms with Gasteiger partial charge in [-0.15, -0.1) is 0 Å². The second-order valence-corrected chi connectivity index (χ2v) is 3.08. The fourth-order valence-corrected chi connectivity index (χ4v) is 1.08. The second-order valence-electron chi connectivity index (χ2n) is 3.08. The zero-order chi connectivity index (χ0) is 11.4. The lowest BCUT2D eigenvalue weighted by Crippen LogP contribution is -2.24. The second kappa shape index (κ2) is 4.63. The molecule has 1 heterocycles. The SMILES string of the molecule is CCO/C=C/c1nc(C)n(C)c(=O)c1N. The van der Waals surface area contributed by atoms with Crippen LogP contribution < -0.4 is 11.3 Å². The number of nitrogens with two attached hydrogens (primary N) is 1.